The maximum absolute atomic E-state index is 12.5. The average Bonchev–Trinajstić information content (AvgIpc) is 2.66. The van der Waals surface area contributed by atoms with Gasteiger partial charge >= 0.3 is 16.1 Å². The van der Waals surface area contributed by atoms with Crippen molar-refractivity contribution in [2.45, 2.75) is 11.8 Å². The summed E-state index contributed by atoms with van der Waals surface area (Å²) >= 11 is 0. The molecule has 1 amide bonds. The fraction of sp³-hybridized carbons (Fsp3) is 0.158. The Morgan fingerprint density at radius 3 is 2.44 bits per heavy atom. The van der Waals surface area contributed by atoms with Crippen LogP contribution in [0, 0.1) is 0 Å². The van der Waals surface area contributed by atoms with Gasteiger partial charge in [-0.25, -0.2) is 4.79 Å². The van der Waals surface area contributed by atoms with E-state index in [1.165, 1.54) is 54.6 Å². The highest BCUT2D eigenvalue weighted by Crippen LogP contribution is 2.20. The van der Waals surface area contributed by atoms with Crippen LogP contribution < -0.4 is 9.50 Å². The second-order valence-corrected chi connectivity index (χ2v) is 6.86. The molecule has 1 N–H and O–H groups in total. The molecule has 0 aliphatic carbocycles. The van der Waals surface area contributed by atoms with Crippen molar-refractivity contribution in [3.8, 4) is 5.75 Å². The molecule has 27 heavy (non-hydrogen) atoms. The molecule has 0 heterocycles. The van der Waals surface area contributed by atoms with Crippen molar-refractivity contribution >= 4 is 22.0 Å². The number of rotatable bonds is 8. The normalized spacial score (nSPS) is 10.7. The summed E-state index contributed by atoms with van der Waals surface area (Å²) in [5.74, 6) is -0.902. The summed E-state index contributed by atoms with van der Waals surface area (Å²) in [5, 5.41) is 2.57. The van der Waals surface area contributed by atoms with E-state index in [0.29, 0.717) is 0 Å². The highest BCUT2D eigenvalue weighted by molar-refractivity contribution is 7.87. The molecule has 2 aromatic rings. The number of amides is 1. The summed E-state index contributed by atoms with van der Waals surface area (Å²) in [5.41, 5.74) is 0.460. The van der Waals surface area contributed by atoms with Gasteiger partial charge in [-0.05, 0) is 49.4 Å². The zero-order chi connectivity index (χ0) is 19.9. The minimum absolute atomic E-state index is 0.0320. The lowest BCUT2D eigenvalue weighted by molar-refractivity contribution is 0.0526. The maximum atomic E-state index is 12.5. The minimum Gasteiger partial charge on any atom is -0.462 e. The quantitative estimate of drug-likeness (QED) is 0.423. The molecule has 7 nitrogen and oxygen atoms in total. The van der Waals surface area contributed by atoms with Gasteiger partial charge in [-0.2, -0.15) is 8.42 Å². The lowest BCUT2D eigenvalue weighted by atomic mass is 10.2. The molecule has 0 aliphatic rings. The predicted molar refractivity (Wildman–Crippen MR) is 99.2 cm³/mol. The summed E-state index contributed by atoms with van der Waals surface area (Å²) in [6.45, 7) is 5.69. The number of carbonyl (C=O) groups excluding carboxylic acids is 2. The number of hydrogen-bond donors (Lipinski definition) is 1. The van der Waals surface area contributed by atoms with Gasteiger partial charge in [-0.3, -0.25) is 4.79 Å². The van der Waals surface area contributed by atoms with Gasteiger partial charge in [0.2, 0.25) is 0 Å². The molecule has 0 saturated heterocycles. The molecule has 142 valence electrons. The largest absolute Gasteiger partial charge is 0.462 e. The van der Waals surface area contributed by atoms with Gasteiger partial charge in [-0.1, -0.05) is 12.1 Å². The number of nitrogens with one attached hydrogen (secondary N) is 1. The van der Waals surface area contributed by atoms with E-state index >= 15 is 0 Å². The third-order valence-corrected chi connectivity index (χ3v) is 4.61. The van der Waals surface area contributed by atoms with Crippen LogP contribution in [-0.4, -0.2) is 33.4 Å². The topological polar surface area (TPSA) is 98.8 Å². The average molecular weight is 389 g/mol. The smallest absolute Gasteiger partial charge is 0.339 e. The van der Waals surface area contributed by atoms with Crippen LogP contribution in [0.15, 0.2) is 66.1 Å². The predicted octanol–water partition coefficient (Wildman–Crippen LogP) is 2.55. The molecule has 0 radical (unpaired) electrons. The highest BCUT2D eigenvalue weighted by Gasteiger charge is 2.19. The first-order chi connectivity index (χ1) is 12.9. The Morgan fingerprint density at radius 1 is 1.11 bits per heavy atom. The number of benzene rings is 2. The van der Waals surface area contributed by atoms with Crippen molar-refractivity contribution in [1.29, 1.82) is 0 Å². The fourth-order valence-electron chi connectivity index (χ4n) is 2.10. The van der Waals surface area contributed by atoms with Crippen molar-refractivity contribution in [3.63, 3.8) is 0 Å². The van der Waals surface area contributed by atoms with Gasteiger partial charge in [0.15, 0.2) is 0 Å². The summed E-state index contributed by atoms with van der Waals surface area (Å²) in [6, 6.07) is 11.0. The van der Waals surface area contributed by atoms with Crippen LogP contribution in [0.3, 0.4) is 0 Å². The monoisotopic (exact) mass is 389 g/mol. The van der Waals surface area contributed by atoms with E-state index in [0.717, 1.165) is 0 Å². The first kappa shape index (κ1) is 20.2. The third-order valence-electron chi connectivity index (χ3n) is 3.36. The van der Waals surface area contributed by atoms with Crippen molar-refractivity contribution in [2.24, 2.45) is 0 Å². The summed E-state index contributed by atoms with van der Waals surface area (Å²) in [6.07, 6.45) is 1.52. The number of esters is 1. The molecule has 0 unspecified atom stereocenters. The second kappa shape index (κ2) is 9.00. The lowest BCUT2D eigenvalue weighted by Crippen LogP contribution is -2.23. The van der Waals surface area contributed by atoms with Gasteiger partial charge in [0.05, 0.1) is 12.2 Å². The van der Waals surface area contributed by atoms with Gasteiger partial charge in [-0.15, -0.1) is 6.58 Å². The van der Waals surface area contributed by atoms with Crippen molar-refractivity contribution in [3.05, 3.63) is 72.3 Å². The van der Waals surface area contributed by atoms with E-state index in [-0.39, 0.29) is 34.9 Å². The second-order valence-electron chi connectivity index (χ2n) is 5.31. The van der Waals surface area contributed by atoms with Crippen molar-refractivity contribution < 1.29 is 26.9 Å². The SMILES string of the molecule is C=CCNC(=O)c1cccc(S(=O)(=O)Oc2ccc(C(=O)OCC)cc2)c1. The number of carbonyl (C=O) groups is 2. The van der Waals surface area contributed by atoms with Crippen LogP contribution in [0.1, 0.15) is 27.6 Å². The molecular formula is C19H19NO6S. The highest BCUT2D eigenvalue weighted by atomic mass is 32.2. The van der Waals surface area contributed by atoms with E-state index in [2.05, 4.69) is 11.9 Å². The zero-order valence-corrected chi connectivity index (χ0v) is 15.5. The Bertz CT molecular complexity index is 935. The van der Waals surface area contributed by atoms with Gasteiger partial charge in [0.1, 0.15) is 10.6 Å². The Hall–Kier alpha value is -3.13. The van der Waals surface area contributed by atoms with E-state index < -0.39 is 22.0 Å². The Morgan fingerprint density at radius 2 is 1.81 bits per heavy atom. The molecule has 0 atom stereocenters. The van der Waals surface area contributed by atoms with Crippen LogP contribution in [0.25, 0.3) is 0 Å². The third kappa shape index (κ3) is 5.42. The number of ether oxygens (including phenoxy) is 1. The van der Waals surface area contributed by atoms with E-state index in [1.807, 2.05) is 0 Å². The molecule has 0 bridgehead atoms. The molecule has 0 saturated carbocycles. The van der Waals surface area contributed by atoms with Gasteiger partial charge < -0.3 is 14.2 Å². The molecule has 8 heteroatoms. The van der Waals surface area contributed by atoms with Gasteiger partial charge in [0.25, 0.3) is 5.91 Å². The molecule has 0 fully saturated rings. The zero-order valence-electron chi connectivity index (χ0n) is 14.7. The number of hydrogen-bond acceptors (Lipinski definition) is 6. The summed E-state index contributed by atoms with van der Waals surface area (Å²) in [4.78, 5) is 23.4. The summed E-state index contributed by atoms with van der Waals surface area (Å²) < 4.78 is 34.8. The van der Waals surface area contributed by atoms with Crippen LogP contribution in [-0.2, 0) is 14.9 Å². The van der Waals surface area contributed by atoms with E-state index in [1.54, 1.807) is 6.92 Å². The lowest BCUT2D eigenvalue weighted by Gasteiger charge is -2.09. The Labute approximate surface area is 157 Å². The Kier molecular flexibility index (Phi) is 6.73. The molecule has 2 aromatic carbocycles. The van der Waals surface area contributed by atoms with Crippen molar-refractivity contribution in [2.75, 3.05) is 13.2 Å². The first-order valence-corrected chi connectivity index (χ1v) is 9.49. The molecule has 0 aromatic heterocycles. The standard InChI is InChI=1S/C19H19NO6S/c1-3-12-20-18(21)15-6-5-7-17(13-15)27(23,24)26-16-10-8-14(9-11-16)19(22)25-4-2/h3,5-11,13H,1,4,12H2,2H3,(H,20,21). The first-order valence-electron chi connectivity index (χ1n) is 8.08. The fourth-order valence-corrected chi connectivity index (χ4v) is 3.07. The van der Waals surface area contributed by atoms with E-state index in [4.69, 9.17) is 8.92 Å². The van der Waals surface area contributed by atoms with Gasteiger partial charge in [0, 0.05) is 12.1 Å². The van der Waals surface area contributed by atoms with Crippen LogP contribution in [0.2, 0.25) is 0 Å². The van der Waals surface area contributed by atoms with Crippen molar-refractivity contribution in [1.82, 2.24) is 5.32 Å². The molecule has 0 aliphatic heterocycles. The molecule has 2 rings (SSSR count). The molecule has 0 spiro atoms. The maximum Gasteiger partial charge on any atom is 0.339 e. The van der Waals surface area contributed by atoms with E-state index in [9.17, 15) is 18.0 Å². The minimum atomic E-state index is -4.15. The van der Waals surface area contributed by atoms with Crippen LogP contribution in [0.4, 0.5) is 0 Å². The van der Waals surface area contributed by atoms with Crippen LogP contribution in [0.5, 0.6) is 5.75 Å². The van der Waals surface area contributed by atoms with Crippen LogP contribution >= 0.6 is 0 Å². The Balaban J connectivity index is 2.18. The summed E-state index contributed by atoms with van der Waals surface area (Å²) in [7, 11) is -4.15. The molecular weight excluding hydrogens is 370 g/mol.